The first-order valence-electron chi connectivity index (χ1n) is 10.1. The van der Waals surface area contributed by atoms with Crippen LogP contribution in [0, 0.1) is 5.82 Å². The number of hydrogen-bond donors (Lipinski definition) is 2. The Labute approximate surface area is 203 Å². The minimum atomic E-state index is -4.76. The highest BCUT2D eigenvalue weighted by Gasteiger charge is 2.33. The average molecular weight is 531 g/mol. The van der Waals surface area contributed by atoms with Crippen molar-refractivity contribution >= 4 is 38.9 Å². The number of amides is 1. The number of hydrogen-bond acceptors (Lipinski definition) is 4. The number of para-hydroxylation sites is 1. The number of sulfonamides is 1. The second-order valence-electron chi connectivity index (χ2n) is 7.26. The molecule has 0 heterocycles. The molecule has 0 saturated carbocycles. The van der Waals surface area contributed by atoms with Crippen LogP contribution in [0.3, 0.4) is 0 Å². The van der Waals surface area contributed by atoms with Crippen LogP contribution in [0.2, 0.25) is 5.02 Å². The summed E-state index contributed by atoms with van der Waals surface area (Å²) in [6.07, 6.45) is -5.54. The van der Waals surface area contributed by atoms with Gasteiger partial charge in [0.25, 0.3) is 15.9 Å². The lowest BCUT2D eigenvalue weighted by Crippen LogP contribution is -2.32. The second-order valence-corrected chi connectivity index (χ2v) is 9.35. The summed E-state index contributed by atoms with van der Waals surface area (Å²) in [5.74, 6) is -1.29. The molecule has 1 amide bonds. The Morgan fingerprint density at radius 3 is 2.26 bits per heavy atom. The number of rotatable bonds is 8. The van der Waals surface area contributed by atoms with Crippen molar-refractivity contribution in [3.05, 3.63) is 83.1 Å². The number of ether oxygens (including phenoxy) is 1. The van der Waals surface area contributed by atoms with Gasteiger partial charge in [0.15, 0.2) is 17.7 Å². The largest absolute Gasteiger partial charge is 0.478 e. The van der Waals surface area contributed by atoms with Crippen molar-refractivity contribution in [3.63, 3.8) is 0 Å². The molecule has 0 unspecified atom stereocenters. The van der Waals surface area contributed by atoms with Crippen molar-refractivity contribution < 1.29 is 35.5 Å². The fourth-order valence-electron chi connectivity index (χ4n) is 2.98. The molecule has 186 valence electrons. The van der Waals surface area contributed by atoms with Gasteiger partial charge in [-0.1, -0.05) is 30.7 Å². The molecule has 0 aliphatic heterocycles. The molecule has 0 saturated heterocycles. The van der Waals surface area contributed by atoms with Crippen LogP contribution in [0.1, 0.15) is 18.9 Å². The number of carbonyl (C=O) groups excluding carboxylic acids is 1. The van der Waals surface area contributed by atoms with E-state index in [1.807, 2.05) is 0 Å². The SMILES string of the molecule is CC[C@@H](Oc1ccccc1F)C(=O)Nc1ccc(S(=O)(=O)Nc2ccc(Cl)c(C(F)(F)F)c2)cc1. The Balaban J connectivity index is 1.71. The fourth-order valence-corrected chi connectivity index (χ4v) is 4.25. The van der Waals surface area contributed by atoms with Crippen LogP contribution in [0.5, 0.6) is 5.75 Å². The minimum absolute atomic E-state index is 0.0853. The summed E-state index contributed by atoms with van der Waals surface area (Å²) in [6, 6.07) is 13.2. The normalized spacial score (nSPS) is 12.6. The van der Waals surface area contributed by atoms with Crippen molar-refractivity contribution in [3.8, 4) is 5.75 Å². The smallest absolute Gasteiger partial charge is 0.417 e. The molecule has 3 rings (SSSR count). The molecule has 1 atom stereocenters. The van der Waals surface area contributed by atoms with Gasteiger partial charge in [-0.15, -0.1) is 0 Å². The van der Waals surface area contributed by atoms with E-state index in [1.165, 1.54) is 30.3 Å². The number of benzene rings is 3. The van der Waals surface area contributed by atoms with Crippen LogP contribution in [0.4, 0.5) is 28.9 Å². The summed E-state index contributed by atoms with van der Waals surface area (Å²) in [4.78, 5) is 12.3. The van der Waals surface area contributed by atoms with Gasteiger partial charge in [0.2, 0.25) is 0 Å². The van der Waals surface area contributed by atoms with Gasteiger partial charge in [-0.05, 0) is 61.0 Å². The summed E-state index contributed by atoms with van der Waals surface area (Å²) in [5.41, 5.74) is -1.27. The average Bonchev–Trinajstić information content (AvgIpc) is 2.79. The Morgan fingerprint density at radius 2 is 1.66 bits per heavy atom. The fraction of sp³-hybridized carbons (Fsp3) is 0.174. The maximum absolute atomic E-state index is 13.8. The highest BCUT2D eigenvalue weighted by Crippen LogP contribution is 2.36. The third-order valence-corrected chi connectivity index (χ3v) is 6.45. The monoisotopic (exact) mass is 530 g/mol. The first-order chi connectivity index (χ1) is 16.4. The second kappa shape index (κ2) is 10.5. The van der Waals surface area contributed by atoms with E-state index in [1.54, 1.807) is 13.0 Å². The van der Waals surface area contributed by atoms with E-state index >= 15 is 0 Å². The van der Waals surface area contributed by atoms with Crippen LogP contribution in [0.25, 0.3) is 0 Å². The summed E-state index contributed by atoms with van der Waals surface area (Å²) in [5, 5.41) is 1.99. The van der Waals surface area contributed by atoms with E-state index in [0.29, 0.717) is 6.07 Å². The van der Waals surface area contributed by atoms with E-state index in [4.69, 9.17) is 16.3 Å². The number of carbonyl (C=O) groups is 1. The molecule has 0 spiro atoms. The zero-order valence-electron chi connectivity index (χ0n) is 18.1. The lowest BCUT2D eigenvalue weighted by molar-refractivity contribution is -0.137. The van der Waals surface area contributed by atoms with Crippen LogP contribution in [0.15, 0.2) is 71.6 Å². The van der Waals surface area contributed by atoms with Crippen LogP contribution in [-0.2, 0) is 21.0 Å². The van der Waals surface area contributed by atoms with E-state index in [-0.39, 0.29) is 28.4 Å². The van der Waals surface area contributed by atoms with E-state index in [0.717, 1.165) is 24.3 Å². The van der Waals surface area contributed by atoms with Crippen molar-refractivity contribution in [2.45, 2.75) is 30.5 Å². The van der Waals surface area contributed by atoms with Gasteiger partial charge in [-0.2, -0.15) is 13.2 Å². The topological polar surface area (TPSA) is 84.5 Å². The molecule has 3 aromatic rings. The lowest BCUT2D eigenvalue weighted by Gasteiger charge is -2.18. The molecule has 0 bridgehead atoms. The van der Waals surface area contributed by atoms with Crippen LogP contribution < -0.4 is 14.8 Å². The Kier molecular flexibility index (Phi) is 7.91. The zero-order chi connectivity index (χ0) is 25.8. The molecular weight excluding hydrogens is 512 g/mol. The maximum Gasteiger partial charge on any atom is 0.417 e. The van der Waals surface area contributed by atoms with E-state index in [2.05, 4.69) is 10.0 Å². The lowest BCUT2D eigenvalue weighted by atomic mass is 10.2. The van der Waals surface area contributed by atoms with Gasteiger partial charge in [0.1, 0.15) is 0 Å². The predicted octanol–water partition coefficient (Wildman–Crippen LogP) is 6.09. The van der Waals surface area contributed by atoms with Crippen molar-refractivity contribution in [2.75, 3.05) is 10.0 Å². The molecular formula is C23H19ClF4N2O4S. The van der Waals surface area contributed by atoms with Gasteiger partial charge in [-0.3, -0.25) is 9.52 Å². The molecule has 3 aromatic carbocycles. The van der Waals surface area contributed by atoms with E-state index in [9.17, 15) is 30.8 Å². The molecule has 0 fully saturated rings. The molecule has 6 nitrogen and oxygen atoms in total. The molecule has 35 heavy (non-hydrogen) atoms. The van der Waals surface area contributed by atoms with Crippen LogP contribution >= 0.6 is 11.6 Å². The first kappa shape index (κ1) is 26.3. The molecule has 2 N–H and O–H groups in total. The Hall–Kier alpha value is -3.31. The van der Waals surface area contributed by atoms with Crippen molar-refractivity contribution in [1.29, 1.82) is 0 Å². The Morgan fingerprint density at radius 1 is 1.03 bits per heavy atom. The highest BCUT2D eigenvalue weighted by molar-refractivity contribution is 7.92. The standard InChI is InChI=1S/C23H19ClF4N2O4S/c1-2-20(34-21-6-4-3-5-19(21)25)22(31)29-14-7-10-16(11-8-14)35(32,33)30-15-9-12-18(24)17(13-15)23(26,27)28/h3-13,20,30H,2H2,1H3,(H,29,31)/t20-/m1/s1. The third kappa shape index (κ3) is 6.64. The summed E-state index contributed by atoms with van der Waals surface area (Å²) >= 11 is 5.55. The summed E-state index contributed by atoms with van der Waals surface area (Å²) in [7, 11) is -4.24. The van der Waals surface area contributed by atoms with Gasteiger partial charge < -0.3 is 10.1 Å². The van der Waals surface area contributed by atoms with Gasteiger partial charge >= 0.3 is 6.18 Å². The van der Waals surface area contributed by atoms with E-state index < -0.39 is 44.6 Å². The summed E-state index contributed by atoms with van der Waals surface area (Å²) < 4.78 is 85.6. The molecule has 0 radical (unpaired) electrons. The van der Waals surface area contributed by atoms with Crippen LogP contribution in [-0.4, -0.2) is 20.4 Å². The predicted molar refractivity (Wildman–Crippen MR) is 123 cm³/mol. The molecule has 0 aliphatic rings. The Bertz CT molecular complexity index is 1320. The number of halogens is 5. The third-order valence-electron chi connectivity index (χ3n) is 4.73. The van der Waals surface area contributed by atoms with Gasteiger partial charge in [0, 0.05) is 11.4 Å². The molecule has 0 aromatic heterocycles. The number of alkyl halides is 3. The van der Waals surface area contributed by atoms with Gasteiger partial charge in [0.05, 0.1) is 15.5 Å². The quantitative estimate of drug-likeness (QED) is 0.345. The number of nitrogens with one attached hydrogen (secondary N) is 2. The minimum Gasteiger partial charge on any atom is -0.478 e. The molecule has 12 heteroatoms. The highest BCUT2D eigenvalue weighted by atomic mass is 35.5. The van der Waals surface area contributed by atoms with Crippen molar-refractivity contribution in [2.24, 2.45) is 0 Å². The molecule has 0 aliphatic carbocycles. The number of anilines is 2. The summed E-state index contributed by atoms with van der Waals surface area (Å²) in [6.45, 7) is 1.67. The van der Waals surface area contributed by atoms with Gasteiger partial charge in [-0.25, -0.2) is 12.8 Å². The maximum atomic E-state index is 13.8. The van der Waals surface area contributed by atoms with Crippen molar-refractivity contribution in [1.82, 2.24) is 0 Å². The first-order valence-corrected chi connectivity index (χ1v) is 12.0. The zero-order valence-corrected chi connectivity index (χ0v) is 19.6.